The molecule has 4 N–H and O–H groups in total. The second-order valence-electron chi connectivity index (χ2n) is 3.68. The Morgan fingerprint density at radius 1 is 1.47 bits per heavy atom. The van der Waals surface area contributed by atoms with E-state index in [0.717, 1.165) is 17.9 Å². The van der Waals surface area contributed by atoms with Gasteiger partial charge in [0.1, 0.15) is 11.6 Å². The molecule has 17 heavy (non-hydrogen) atoms. The van der Waals surface area contributed by atoms with Gasteiger partial charge >= 0.3 is 0 Å². The number of rotatable bonds is 4. The first-order chi connectivity index (χ1) is 8.20. The molecule has 0 aliphatic rings. The lowest BCUT2D eigenvalue weighted by atomic mass is 10.2. The molecule has 2 aromatic rings. The Kier molecular flexibility index (Phi) is 3.13. The summed E-state index contributed by atoms with van der Waals surface area (Å²) < 4.78 is 1.74. The van der Waals surface area contributed by atoms with Crippen molar-refractivity contribution in [3.05, 3.63) is 30.0 Å². The van der Waals surface area contributed by atoms with Crippen molar-refractivity contribution in [3.63, 3.8) is 0 Å². The Bertz CT molecular complexity index is 508. The van der Waals surface area contributed by atoms with Gasteiger partial charge in [0, 0.05) is 24.3 Å². The zero-order valence-corrected chi connectivity index (χ0v) is 9.59. The van der Waals surface area contributed by atoms with Crippen molar-refractivity contribution in [1.82, 2.24) is 15.0 Å². The fraction of sp³-hybridized carbons (Fsp3) is 0.273. The lowest BCUT2D eigenvalue weighted by molar-refractivity contribution is 0.469. The van der Waals surface area contributed by atoms with Crippen LogP contribution in [0.1, 0.15) is 12.5 Å². The van der Waals surface area contributed by atoms with Crippen LogP contribution in [0, 0.1) is 0 Å². The monoisotopic (exact) mass is 233 g/mol. The number of nitrogens with zero attached hydrogens (tertiary/aromatic N) is 3. The standard InChI is InChI=1S/C11H15N5O/c1-2-16-11(7-14-15-16)13-6-8-5-9(12)3-4-10(8)17/h3-5,7,13,17H,2,6,12H2,1H3. The van der Waals surface area contributed by atoms with Crippen molar-refractivity contribution in [2.24, 2.45) is 0 Å². The quantitative estimate of drug-likeness (QED) is 0.545. The van der Waals surface area contributed by atoms with E-state index in [-0.39, 0.29) is 5.75 Å². The summed E-state index contributed by atoms with van der Waals surface area (Å²) >= 11 is 0. The number of anilines is 2. The van der Waals surface area contributed by atoms with E-state index in [2.05, 4.69) is 15.6 Å². The van der Waals surface area contributed by atoms with Gasteiger partial charge in [0.05, 0.1) is 6.20 Å². The minimum absolute atomic E-state index is 0.224. The summed E-state index contributed by atoms with van der Waals surface area (Å²) in [6, 6.07) is 4.99. The third-order valence-corrected chi connectivity index (χ3v) is 2.48. The van der Waals surface area contributed by atoms with Crippen LogP contribution in [0.5, 0.6) is 5.75 Å². The molecule has 1 aromatic heterocycles. The molecular weight excluding hydrogens is 218 g/mol. The topological polar surface area (TPSA) is 89.0 Å². The van der Waals surface area contributed by atoms with Gasteiger partial charge < -0.3 is 16.2 Å². The molecule has 0 radical (unpaired) electrons. The van der Waals surface area contributed by atoms with Crippen LogP contribution in [0.25, 0.3) is 0 Å². The van der Waals surface area contributed by atoms with E-state index in [4.69, 9.17) is 5.73 Å². The van der Waals surface area contributed by atoms with Gasteiger partial charge in [-0.25, -0.2) is 4.68 Å². The largest absolute Gasteiger partial charge is 0.508 e. The maximum atomic E-state index is 9.66. The van der Waals surface area contributed by atoms with Crippen LogP contribution in [0.4, 0.5) is 11.5 Å². The maximum Gasteiger partial charge on any atom is 0.145 e. The Morgan fingerprint density at radius 2 is 2.29 bits per heavy atom. The lowest BCUT2D eigenvalue weighted by Crippen LogP contribution is -2.07. The SMILES string of the molecule is CCn1nncc1NCc1cc(N)ccc1O. The lowest BCUT2D eigenvalue weighted by Gasteiger charge is -2.09. The first-order valence-corrected chi connectivity index (χ1v) is 5.40. The molecule has 1 heterocycles. The van der Waals surface area contributed by atoms with Crippen molar-refractivity contribution in [1.29, 1.82) is 0 Å². The molecule has 0 unspecified atom stereocenters. The molecule has 0 amide bonds. The second-order valence-corrected chi connectivity index (χ2v) is 3.68. The molecule has 6 heteroatoms. The minimum Gasteiger partial charge on any atom is -0.508 e. The van der Waals surface area contributed by atoms with E-state index in [1.54, 1.807) is 29.1 Å². The molecular formula is C11H15N5O. The summed E-state index contributed by atoms with van der Waals surface area (Å²) in [6.07, 6.45) is 1.65. The summed E-state index contributed by atoms with van der Waals surface area (Å²) in [5, 5.41) is 20.5. The van der Waals surface area contributed by atoms with Crippen LogP contribution in [-0.4, -0.2) is 20.1 Å². The van der Waals surface area contributed by atoms with Crippen LogP contribution in [0.15, 0.2) is 24.4 Å². The molecule has 90 valence electrons. The molecule has 2 rings (SSSR count). The first kappa shape index (κ1) is 11.3. The van der Waals surface area contributed by atoms with E-state index >= 15 is 0 Å². The van der Waals surface area contributed by atoms with Gasteiger partial charge in [-0.1, -0.05) is 5.21 Å². The number of phenolic OH excluding ortho intramolecular Hbond substituents is 1. The van der Waals surface area contributed by atoms with E-state index in [9.17, 15) is 5.11 Å². The molecule has 0 atom stereocenters. The van der Waals surface area contributed by atoms with Crippen LogP contribution >= 0.6 is 0 Å². The van der Waals surface area contributed by atoms with Crippen LogP contribution < -0.4 is 11.1 Å². The van der Waals surface area contributed by atoms with Gasteiger partial charge in [0.2, 0.25) is 0 Å². The molecule has 0 spiro atoms. The average Bonchev–Trinajstić information content (AvgIpc) is 2.77. The summed E-state index contributed by atoms with van der Waals surface area (Å²) in [7, 11) is 0. The molecule has 0 aliphatic heterocycles. The number of aromatic nitrogens is 3. The van der Waals surface area contributed by atoms with E-state index in [1.807, 2.05) is 6.92 Å². The Labute approximate surface area is 99.1 Å². The number of phenols is 1. The predicted molar refractivity (Wildman–Crippen MR) is 65.5 cm³/mol. The smallest absolute Gasteiger partial charge is 0.145 e. The van der Waals surface area contributed by atoms with Crippen molar-refractivity contribution in [2.45, 2.75) is 20.0 Å². The zero-order valence-electron chi connectivity index (χ0n) is 9.59. The van der Waals surface area contributed by atoms with Crippen molar-refractivity contribution in [3.8, 4) is 5.75 Å². The van der Waals surface area contributed by atoms with E-state index in [1.165, 1.54) is 0 Å². The van der Waals surface area contributed by atoms with Gasteiger partial charge in [0.15, 0.2) is 0 Å². The molecule has 0 saturated carbocycles. The van der Waals surface area contributed by atoms with Gasteiger partial charge in [0.25, 0.3) is 0 Å². The van der Waals surface area contributed by atoms with Gasteiger partial charge in [-0.05, 0) is 25.1 Å². The van der Waals surface area contributed by atoms with E-state index in [0.29, 0.717) is 12.2 Å². The van der Waals surface area contributed by atoms with Crippen LogP contribution in [0.3, 0.4) is 0 Å². The predicted octanol–water partition coefficient (Wildman–Crippen LogP) is 1.20. The number of hydrogen-bond acceptors (Lipinski definition) is 5. The van der Waals surface area contributed by atoms with Gasteiger partial charge in [-0.2, -0.15) is 0 Å². The highest BCUT2D eigenvalue weighted by Crippen LogP contribution is 2.20. The van der Waals surface area contributed by atoms with E-state index < -0.39 is 0 Å². The Morgan fingerprint density at radius 3 is 3.06 bits per heavy atom. The number of nitrogen functional groups attached to an aromatic ring is 1. The number of benzene rings is 1. The molecule has 1 aromatic carbocycles. The number of hydrogen-bond donors (Lipinski definition) is 3. The highest BCUT2D eigenvalue weighted by molar-refractivity contribution is 5.48. The highest BCUT2D eigenvalue weighted by Gasteiger charge is 2.04. The summed E-state index contributed by atoms with van der Waals surface area (Å²) in [4.78, 5) is 0. The third kappa shape index (κ3) is 2.47. The number of nitrogens with two attached hydrogens (primary N) is 1. The van der Waals surface area contributed by atoms with Crippen molar-refractivity contribution < 1.29 is 5.11 Å². The molecule has 0 bridgehead atoms. The summed E-state index contributed by atoms with van der Waals surface area (Å²) in [6.45, 7) is 3.20. The number of aromatic hydroxyl groups is 1. The maximum absolute atomic E-state index is 9.66. The average molecular weight is 233 g/mol. The fourth-order valence-corrected chi connectivity index (χ4v) is 1.56. The fourth-order valence-electron chi connectivity index (χ4n) is 1.56. The van der Waals surface area contributed by atoms with Crippen LogP contribution in [0.2, 0.25) is 0 Å². The Hall–Kier alpha value is -2.24. The Balaban J connectivity index is 2.09. The van der Waals surface area contributed by atoms with Crippen molar-refractivity contribution >= 4 is 11.5 Å². The van der Waals surface area contributed by atoms with Crippen LogP contribution in [-0.2, 0) is 13.1 Å². The van der Waals surface area contributed by atoms with Gasteiger partial charge in [-0.15, -0.1) is 5.10 Å². The number of nitrogens with one attached hydrogen (secondary N) is 1. The zero-order chi connectivity index (χ0) is 12.3. The van der Waals surface area contributed by atoms with Gasteiger partial charge in [-0.3, -0.25) is 0 Å². The molecule has 0 aliphatic carbocycles. The van der Waals surface area contributed by atoms with Crippen molar-refractivity contribution in [2.75, 3.05) is 11.1 Å². The summed E-state index contributed by atoms with van der Waals surface area (Å²) in [5.41, 5.74) is 7.03. The highest BCUT2D eigenvalue weighted by atomic mass is 16.3. The third-order valence-electron chi connectivity index (χ3n) is 2.48. The minimum atomic E-state index is 0.224. The first-order valence-electron chi connectivity index (χ1n) is 5.40. The summed E-state index contributed by atoms with van der Waals surface area (Å²) in [5.74, 6) is 1.04. The number of aryl methyl sites for hydroxylation is 1. The second kappa shape index (κ2) is 4.73. The molecule has 0 fully saturated rings. The normalized spacial score (nSPS) is 10.4. The molecule has 0 saturated heterocycles. The molecule has 6 nitrogen and oxygen atoms in total.